The molecule has 0 radical (unpaired) electrons. The Morgan fingerprint density at radius 1 is 1.30 bits per heavy atom. The number of nitrogens with two attached hydrogens (primary N) is 1. The van der Waals surface area contributed by atoms with Crippen LogP contribution in [0.3, 0.4) is 0 Å². The largest absolute Gasteiger partial charge is 0.271 e. The maximum absolute atomic E-state index is 5.42. The maximum atomic E-state index is 5.42. The van der Waals surface area contributed by atoms with Crippen LogP contribution >= 0.6 is 23.3 Å². The molecule has 2 aromatic rings. The Morgan fingerprint density at radius 3 is 2.75 bits per heavy atom. The molecule has 0 amide bonds. The number of nitrogens with zero attached hydrogens (tertiary/aromatic N) is 1. The predicted octanol–water partition coefficient (Wildman–Crippen LogP) is 3.32. The molecule has 0 aliphatic rings. The van der Waals surface area contributed by atoms with Crippen molar-refractivity contribution in [2.75, 3.05) is 20.1 Å². The van der Waals surface area contributed by atoms with Gasteiger partial charge in [0.2, 0.25) is 0 Å². The monoisotopic (exact) mass is 307 g/mol. The summed E-state index contributed by atoms with van der Waals surface area (Å²) in [4.78, 5) is 1.27. The van der Waals surface area contributed by atoms with Gasteiger partial charge in [-0.1, -0.05) is 18.2 Å². The number of hydrazine groups is 1. The number of hydrogen-bond donors (Lipinski definition) is 2. The van der Waals surface area contributed by atoms with Crippen LogP contribution in [0, 0.1) is 0 Å². The van der Waals surface area contributed by atoms with Gasteiger partial charge in [-0.3, -0.25) is 11.3 Å². The molecule has 2 rings (SSSR count). The van der Waals surface area contributed by atoms with E-state index in [1.807, 2.05) is 6.07 Å². The van der Waals surface area contributed by atoms with Gasteiger partial charge in [0.25, 0.3) is 0 Å². The summed E-state index contributed by atoms with van der Waals surface area (Å²) in [5.41, 5.74) is 4.17. The minimum atomic E-state index is 0.513. The highest BCUT2D eigenvalue weighted by Crippen LogP contribution is 2.27. The van der Waals surface area contributed by atoms with Crippen molar-refractivity contribution < 1.29 is 0 Å². The summed E-state index contributed by atoms with van der Waals surface area (Å²) in [6.45, 7) is 1.85. The second kappa shape index (κ2) is 8.44. The third-order valence-corrected chi connectivity index (χ3v) is 4.78. The van der Waals surface area contributed by atoms with Gasteiger partial charge in [-0.05, 0) is 65.9 Å². The van der Waals surface area contributed by atoms with Gasteiger partial charge in [-0.2, -0.15) is 11.3 Å². The highest BCUT2D eigenvalue weighted by atomic mass is 32.2. The van der Waals surface area contributed by atoms with Gasteiger partial charge in [0.1, 0.15) is 0 Å². The Kier molecular flexibility index (Phi) is 6.56. The van der Waals surface area contributed by atoms with E-state index in [2.05, 4.69) is 57.9 Å². The quantitative estimate of drug-likeness (QED) is 0.446. The molecule has 5 heteroatoms. The summed E-state index contributed by atoms with van der Waals surface area (Å²) < 4.78 is 2.30. The SMILES string of the molecule is CN(CC(CCNN)c1ccsc1)Sc1ccccc1. The minimum absolute atomic E-state index is 0.513. The molecule has 1 aromatic carbocycles. The summed E-state index contributed by atoms with van der Waals surface area (Å²) in [7, 11) is 2.15. The molecule has 1 unspecified atom stereocenters. The number of benzene rings is 1. The average Bonchev–Trinajstić information content (AvgIpc) is 2.98. The van der Waals surface area contributed by atoms with Crippen LogP contribution < -0.4 is 11.3 Å². The van der Waals surface area contributed by atoms with Crippen LogP contribution in [-0.2, 0) is 0 Å². The zero-order valence-corrected chi connectivity index (χ0v) is 13.3. The molecule has 3 nitrogen and oxygen atoms in total. The number of rotatable bonds is 8. The molecular weight excluding hydrogens is 286 g/mol. The molecule has 20 heavy (non-hydrogen) atoms. The van der Waals surface area contributed by atoms with E-state index in [-0.39, 0.29) is 0 Å². The molecule has 0 fully saturated rings. The van der Waals surface area contributed by atoms with Crippen molar-refractivity contribution in [2.45, 2.75) is 17.2 Å². The Balaban J connectivity index is 1.93. The predicted molar refractivity (Wildman–Crippen MR) is 88.8 cm³/mol. The average molecular weight is 307 g/mol. The lowest BCUT2D eigenvalue weighted by molar-refractivity contribution is 0.464. The van der Waals surface area contributed by atoms with Crippen LogP contribution in [0.2, 0.25) is 0 Å². The van der Waals surface area contributed by atoms with Gasteiger partial charge < -0.3 is 0 Å². The van der Waals surface area contributed by atoms with Crippen molar-refractivity contribution >= 4 is 23.3 Å². The molecule has 0 saturated carbocycles. The first-order valence-corrected chi connectivity index (χ1v) is 8.41. The summed E-state index contributed by atoms with van der Waals surface area (Å²) in [5.74, 6) is 5.93. The van der Waals surface area contributed by atoms with Crippen LogP contribution in [0.15, 0.2) is 52.1 Å². The highest BCUT2D eigenvalue weighted by Gasteiger charge is 2.15. The standard InChI is InChI=1S/C15H21N3S2/c1-18(20-15-5-3-2-4-6-15)11-13(7-9-17-16)14-8-10-19-12-14/h2-6,8,10,12-13,17H,7,9,11,16H2,1H3. The van der Waals surface area contributed by atoms with Crippen molar-refractivity contribution in [3.05, 3.63) is 52.7 Å². The molecule has 0 spiro atoms. The van der Waals surface area contributed by atoms with Crippen molar-refractivity contribution in [1.82, 2.24) is 9.73 Å². The summed E-state index contributed by atoms with van der Waals surface area (Å²) in [6, 6.07) is 12.7. The van der Waals surface area contributed by atoms with Crippen molar-refractivity contribution in [3.8, 4) is 0 Å². The molecule has 0 saturated heterocycles. The van der Waals surface area contributed by atoms with Gasteiger partial charge in [0.05, 0.1) is 0 Å². The second-order valence-corrected chi connectivity index (χ2v) is 6.77. The van der Waals surface area contributed by atoms with Crippen molar-refractivity contribution in [3.63, 3.8) is 0 Å². The number of hydrogen-bond acceptors (Lipinski definition) is 5. The fourth-order valence-corrected chi connectivity index (χ4v) is 3.77. The fourth-order valence-electron chi connectivity index (χ4n) is 2.14. The molecule has 108 valence electrons. The van der Waals surface area contributed by atoms with Gasteiger partial charge in [0, 0.05) is 18.0 Å². The topological polar surface area (TPSA) is 41.3 Å². The third-order valence-electron chi connectivity index (χ3n) is 3.13. The van der Waals surface area contributed by atoms with E-state index in [1.165, 1.54) is 10.5 Å². The Labute approximate surface area is 129 Å². The maximum Gasteiger partial charge on any atom is 0.0230 e. The van der Waals surface area contributed by atoms with E-state index < -0.39 is 0 Å². The Morgan fingerprint density at radius 2 is 2.10 bits per heavy atom. The van der Waals surface area contributed by atoms with Gasteiger partial charge in [-0.15, -0.1) is 0 Å². The molecular formula is C15H21N3S2. The normalized spacial score (nSPS) is 12.8. The lowest BCUT2D eigenvalue weighted by Crippen LogP contribution is -2.27. The first kappa shape index (κ1) is 15.5. The highest BCUT2D eigenvalue weighted by molar-refractivity contribution is 7.97. The van der Waals surface area contributed by atoms with Gasteiger partial charge in [0.15, 0.2) is 0 Å². The van der Waals surface area contributed by atoms with E-state index in [9.17, 15) is 0 Å². The zero-order chi connectivity index (χ0) is 14.2. The smallest absolute Gasteiger partial charge is 0.0230 e. The lowest BCUT2D eigenvalue weighted by atomic mass is 9.99. The molecule has 0 aliphatic carbocycles. The number of nitrogens with one attached hydrogen (secondary N) is 1. The number of likely N-dealkylation sites (N-methyl/N-ethyl adjacent to an activating group) is 1. The van der Waals surface area contributed by atoms with Crippen LogP contribution in [-0.4, -0.2) is 24.4 Å². The van der Waals surface area contributed by atoms with Crippen LogP contribution in [0.5, 0.6) is 0 Å². The summed E-state index contributed by atoms with van der Waals surface area (Å²) in [5, 5.41) is 4.38. The van der Waals surface area contributed by atoms with Crippen LogP contribution in [0.1, 0.15) is 17.9 Å². The molecule has 0 bridgehead atoms. The van der Waals surface area contributed by atoms with E-state index in [0.717, 1.165) is 19.5 Å². The summed E-state index contributed by atoms with van der Waals surface area (Å²) in [6.07, 6.45) is 1.05. The second-order valence-electron chi connectivity index (χ2n) is 4.71. The first-order chi connectivity index (χ1) is 9.79. The molecule has 0 aliphatic heterocycles. The fraction of sp³-hybridized carbons (Fsp3) is 0.333. The van der Waals surface area contributed by atoms with E-state index in [4.69, 9.17) is 5.84 Å². The van der Waals surface area contributed by atoms with Gasteiger partial charge >= 0.3 is 0 Å². The van der Waals surface area contributed by atoms with Crippen LogP contribution in [0.4, 0.5) is 0 Å². The third kappa shape index (κ3) is 4.92. The van der Waals surface area contributed by atoms with E-state index in [0.29, 0.717) is 5.92 Å². The lowest BCUT2D eigenvalue weighted by Gasteiger charge is -2.22. The Hall–Kier alpha value is -0.850. The first-order valence-electron chi connectivity index (χ1n) is 6.69. The van der Waals surface area contributed by atoms with Crippen molar-refractivity contribution in [2.24, 2.45) is 5.84 Å². The van der Waals surface area contributed by atoms with Gasteiger partial charge in [-0.25, -0.2) is 4.31 Å². The van der Waals surface area contributed by atoms with E-state index >= 15 is 0 Å². The molecule has 1 aromatic heterocycles. The molecule has 1 heterocycles. The van der Waals surface area contributed by atoms with Crippen molar-refractivity contribution in [1.29, 1.82) is 0 Å². The Bertz CT molecular complexity index is 473. The molecule has 3 N–H and O–H groups in total. The molecule has 1 atom stereocenters. The van der Waals surface area contributed by atoms with Crippen LogP contribution in [0.25, 0.3) is 0 Å². The minimum Gasteiger partial charge on any atom is -0.271 e. The summed E-state index contributed by atoms with van der Waals surface area (Å²) >= 11 is 3.54. The number of thiophene rings is 1. The zero-order valence-electron chi connectivity index (χ0n) is 11.7. The van der Waals surface area contributed by atoms with E-state index in [1.54, 1.807) is 23.3 Å².